The van der Waals surface area contributed by atoms with Gasteiger partial charge in [-0.2, -0.15) is 0 Å². The van der Waals surface area contributed by atoms with Gasteiger partial charge in [-0.1, -0.05) is 18.2 Å². The van der Waals surface area contributed by atoms with Crippen molar-refractivity contribution in [3.63, 3.8) is 0 Å². The SMILES string of the molecule is CC(=O)Nc1ccccc1CNC1(C)CCCOC1. The predicted molar refractivity (Wildman–Crippen MR) is 76.0 cm³/mol. The number of amides is 1. The van der Waals surface area contributed by atoms with Crippen molar-refractivity contribution >= 4 is 11.6 Å². The minimum absolute atomic E-state index is 0.0294. The molecule has 0 aromatic heterocycles. The van der Waals surface area contributed by atoms with Gasteiger partial charge in [0.1, 0.15) is 0 Å². The minimum atomic E-state index is -0.0420. The second-order valence-electron chi connectivity index (χ2n) is 5.41. The first-order chi connectivity index (χ1) is 9.09. The Labute approximate surface area is 114 Å². The van der Waals surface area contributed by atoms with Gasteiger partial charge in [0.05, 0.1) is 6.61 Å². The van der Waals surface area contributed by atoms with Gasteiger partial charge >= 0.3 is 0 Å². The van der Waals surface area contributed by atoms with Crippen LogP contribution in [0.3, 0.4) is 0 Å². The second kappa shape index (κ2) is 6.17. The Morgan fingerprint density at radius 3 is 2.89 bits per heavy atom. The number of carbonyl (C=O) groups is 1. The first kappa shape index (κ1) is 14.0. The van der Waals surface area contributed by atoms with Crippen molar-refractivity contribution in [1.82, 2.24) is 5.32 Å². The van der Waals surface area contributed by atoms with Crippen LogP contribution in [0.5, 0.6) is 0 Å². The summed E-state index contributed by atoms with van der Waals surface area (Å²) in [5, 5.41) is 6.42. The predicted octanol–water partition coefficient (Wildman–Crippen LogP) is 2.30. The van der Waals surface area contributed by atoms with Crippen molar-refractivity contribution in [3.8, 4) is 0 Å². The van der Waals surface area contributed by atoms with Crippen LogP contribution < -0.4 is 10.6 Å². The molecule has 1 atom stereocenters. The number of benzene rings is 1. The van der Waals surface area contributed by atoms with Crippen LogP contribution in [0.4, 0.5) is 5.69 Å². The molecule has 0 aliphatic carbocycles. The van der Waals surface area contributed by atoms with Gasteiger partial charge in [0, 0.05) is 31.3 Å². The molecule has 1 unspecified atom stereocenters. The maximum Gasteiger partial charge on any atom is 0.221 e. The lowest BCUT2D eigenvalue weighted by atomic mass is 9.94. The minimum Gasteiger partial charge on any atom is -0.380 e. The normalized spacial score (nSPS) is 23.1. The van der Waals surface area contributed by atoms with Crippen LogP contribution >= 0.6 is 0 Å². The Bertz CT molecular complexity index is 440. The molecule has 0 saturated carbocycles. The Balaban J connectivity index is 2.00. The smallest absolute Gasteiger partial charge is 0.221 e. The van der Waals surface area contributed by atoms with E-state index in [0.29, 0.717) is 0 Å². The number of carbonyl (C=O) groups excluding carboxylic acids is 1. The average molecular weight is 262 g/mol. The van der Waals surface area contributed by atoms with E-state index in [-0.39, 0.29) is 11.4 Å². The maximum absolute atomic E-state index is 11.2. The van der Waals surface area contributed by atoms with E-state index in [0.717, 1.165) is 43.9 Å². The lowest BCUT2D eigenvalue weighted by Gasteiger charge is -2.34. The van der Waals surface area contributed by atoms with Gasteiger partial charge in [-0.25, -0.2) is 0 Å². The molecule has 1 fully saturated rings. The number of nitrogens with one attached hydrogen (secondary N) is 2. The van der Waals surface area contributed by atoms with E-state index < -0.39 is 0 Å². The third-order valence-corrected chi connectivity index (χ3v) is 3.47. The highest BCUT2D eigenvalue weighted by molar-refractivity contribution is 5.89. The number of rotatable bonds is 4. The summed E-state index contributed by atoms with van der Waals surface area (Å²) in [6, 6.07) is 7.88. The highest BCUT2D eigenvalue weighted by Crippen LogP contribution is 2.21. The van der Waals surface area contributed by atoms with Crippen molar-refractivity contribution in [2.24, 2.45) is 0 Å². The average Bonchev–Trinajstić information content (AvgIpc) is 2.38. The molecule has 0 bridgehead atoms. The summed E-state index contributed by atoms with van der Waals surface area (Å²) in [5.41, 5.74) is 2.01. The van der Waals surface area contributed by atoms with Crippen LogP contribution in [0.15, 0.2) is 24.3 Å². The van der Waals surface area contributed by atoms with Crippen LogP contribution in [0.25, 0.3) is 0 Å². The molecular formula is C15H22N2O2. The lowest BCUT2D eigenvalue weighted by Crippen LogP contribution is -2.48. The Morgan fingerprint density at radius 2 is 2.21 bits per heavy atom. The van der Waals surface area contributed by atoms with E-state index in [2.05, 4.69) is 17.6 Å². The zero-order valence-electron chi connectivity index (χ0n) is 11.7. The van der Waals surface area contributed by atoms with Gasteiger partial charge in [-0.05, 0) is 31.4 Å². The van der Waals surface area contributed by atoms with Gasteiger partial charge in [0.15, 0.2) is 0 Å². The number of para-hydroxylation sites is 1. The van der Waals surface area contributed by atoms with E-state index >= 15 is 0 Å². The molecule has 4 heteroatoms. The van der Waals surface area contributed by atoms with Gasteiger partial charge in [-0.3, -0.25) is 4.79 Å². The zero-order valence-corrected chi connectivity index (χ0v) is 11.7. The molecule has 1 aliphatic heterocycles. The number of hydrogen-bond acceptors (Lipinski definition) is 3. The molecule has 1 aliphatic rings. The monoisotopic (exact) mass is 262 g/mol. The van der Waals surface area contributed by atoms with Crippen molar-refractivity contribution in [2.75, 3.05) is 18.5 Å². The number of ether oxygens (including phenoxy) is 1. The third kappa shape index (κ3) is 4.04. The summed E-state index contributed by atoms with van der Waals surface area (Å²) in [4.78, 5) is 11.2. The Morgan fingerprint density at radius 1 is 1.42 bits per heavy atom. The molecule has 0 radical (unpaired) electrons. The van der Waals surface area contributed by atoms with Crippen LogP contribution in [0.2, 0.25) is 0 Å². The molecule has 1 aromatic rings. The molecular weight excluding hydrogens is 240 g/mol. The largest absolute Gasteiger partial charge is 0.380 e. The maximum atomic E-state index is 11.2. The fraction of sp³-hybridized carbons (Fsp3) is 0.533. The first-order valence-electron chi connectivity index (χ1n) is 6.77. The quantitative estimate of drug-likeness (QED) is 0.875. The van der Waals surface area contributed by atoms with Crippen molar-refractivity contribution < 1.29 is 9.53 Å². The van der Waals surface area contributed by atoms with Crippen molar-refractivity contribution in [1.29, 1.82) is 0 Å². The highest BCUT2D eigenvalue weighted by atomic mass is 16.5. The molecule has 1 amide bonds. The molecule has 4 nitrogen and oxygen atoms in total. The first-order valence-corrected chi connectivity index (χ1v) is 6.77. The number of anilines is 1. The van der Waals surface area contributed by atoms with Crippen LogP contribution in [-0.4, -0.2) is 24.7 Å². The molecule has 1 saturated heterocycles. The van der Waals surface area contributed by atoms with E-state index in [1.807, 2.05) is 24.3 Å². The molecule has 2 rings (SSSR count). The summed E-state index contributed by atoms with van der Waals surface area (Å²) in [5.74, 6) is -0.0420. The van der Waals surface area contributed by atoms with Gasteiger partial charge in [-0.15, -0.1) is 0 Å². The molecule has 2 N–H and O–H groups in total. The second-order valence-corrected chi connectivity index (χ2v) is 5.41. The Hall–Kier alpha value is -1.39. The van der Waals surface area contributed by atoms with Crippen molar-refractivity contribution in [3.05, 3.63) is 29.8 Å². The third-order valence-electron chi connectivity index (χ3n) is 3.47. The van der Waals surface area contributed by atoms with E-state index in [4.69, 9.17) is 4.74 Å². The summed E-state index contributed by atoms with van der Waals surface area (Å²) >= 11 is 0. The molecule has 104 valence electrons. The zero-order chi connectivity index (χ0) is 13.7. The number of hydrogen-bond donors (Lipinski definition) is 2. The van der Waals surface area contributed by atoms with Crippen molar-refractivity contribution in [2.45, 2.75) is 38.8 Å². The van der Waals surface area contributed by atoms with Crippen LogP contribution in [0.1, 0.15) is 32.3 Å². The molecule has 0 spiro atoms. The molecule has 1 heterocycles. The highest BCUT2D eigenvalue weighted by Gasteiger charge is 2.26. The lowest BCUT2D eigenvalue weighted by molar-refractivity contribution is -0.114. The molecule has 19 heavy (non-hydrogen) atoms. The summed E-state index contributed by atoms with van der Waals surface area (Å²) < 4.78 is 5.54. The van der Waals surface area contributed by atoms with E-state index in [1.54, 1.807) is 0 Å². The molecule has 1 aromatic carbocycles. The van der Waals surface area contributed by atoms with Gasteiger partial charge < -0.3 is 15.4 Å². The fourth-order valence-corrected chi connectivity index (χ4v) is 2.37. The summed E-state index contributed by atoms with van der Waals surface area (Å²) in [7, 11) is 0. The van der Waals surface area contributed by atoms with Gasteiger partial charge in [0.2, 0.25) is 5.91 Å². The standard InChI is InChI=1S/C15H22N2O2/c1-12(18)17-14-7-4-3-6-13(14)10-16-15(2)8-5-9-19-11-15/h3-4,6-7,16H,5,8-11H2,1-2H3,(H,17,18). The summed E-state index contributed by atoms with van der Waals surface area (Å²) in [6.07, 6.45) is 2.21. The van der Waals surface area contributed by atoms with E-state index in [9.17, 15) is 4.79 Å². The van der Waals surface area contributed by atoms with Crippen LogP contribution in [-0.2, 0) is 16.1 Å². The topological polar surface area (TPSA) is 50.4 Å². The van der Waals surface area contributed by atoms with Crippen LogP contribution in [0, 0.1) is 0 Å². The fourth-order valence-electron chi connectivity index (χ4n) is 2.37. The summed E-state index contributed by atoms with van der Waals surface area (Å²) in [6.45, 7) is 6.05. The van der Waals surface area contributed by atoms with E-state index in [1.165, 1.54) is 6.92 Å². The van der Waals surface area contributed by atoms with Gasteiger partial charge in [0.25, 0.3) is 0 Å². The Kier molecular flexibility index (Phi) is 4.56.